The molecule has 0 aliphatic heterocycles. The average molecular weight is 705 g/mol. The second kappa shape index (κ2) is 15.1. The molecule has 11 heteroatoms. The van der Waals surface area contributed by atoms with Gasteiger partial charge in [0, 0.05) is 21.7 Å². The molecular weight excluding hydrogens is 676 g/mol. The molecule has 2 amide bonds. The highest BCUT2D eigenvalue weighted by molar-refractivity contribution is 8.05. The maximum atomic E-state index is 14.6. The largest absolute Gasteiger partial charge is 0.289 e. The number of carbonyl (C=O) groups excluding carboxylic acids is 2. The number of hydroxylamine groups is 2. The van der Waals surface area contributed by atoms with Crippen LogP contribution in [0, 0.1) is 0 Å². The van der Waals surface area contributed by atoms with Gasteiger partial charge in [-0.2, -0.15) is 0 Å². The van der Waals surface area contributed by atoms with E-state index in [0.717, 1.165) is 40.2 Å². The third-order valence-electron chi connectivity index (χ3n) is 7.95. The second-order valence-corrected chi connectivity index (χ2v) is 13.7. The van der Waals surface area contributed by atoms with Crippen molar-refractivity contribution < 1.29 is 20.0 Å². The molecule has 0 bridgehead atoms. The molecule has 6 aromatic rings. The Morgan fingerprint density at radius 2 is 1.04 bits per heavy atom. The molecule has 0 saturated carbocycles. The van der Waals surface area contributed by atoms with E-state index in [1.165, 1.54) is 0 Å². The van der Waals surface area contributed by atoms with Crippen molar-refractivity contribution in [1.82, 2.24) is 20.9 Å². The third-order valence-corrected chi connectivity index (χ3v) is 11.3. The Morgan fingerprint density at radius 3 is 1.57 bits per heavy atom. The van der Waals surface area contributed by atoms with Gasteiger partial charge >= 0.3 is 0 Å². The molecule has 49 heavy (non-hydrogen) atoms. The van der Waals surface area contributed by atoms with Crippen LogP contribution < -0.4 is 11.0 Å². The lowest BCUT2D eigenvalue weighted by Crippen LogP contribution is -2.60. The van der Waals surface area contributed by atoms with Crippen LogP contribution in [0.15, 0.2) is 162 Å². The van der Waals surface area contributed by atoms with Crippen LogP contribution >= 0.6 is 35.1 Å². The van der Waals surface area contributed by atoms with Gasteiger partial charge < -0.3 is 0 Å². The van der Waals surface area contributed by atoms with Crippen molar-refractivity contribution in [3.8, 4) is 22.4 Å². The van der Waals surface area contributed by atoms with Crippen LogP contribution in [-0.4, -0.2) is 32.2 Å². The molecule has 244 valence electrons. The number of nitrogens with zero attached hydrogens (tertiary/aromatic N) is 2. The summed E-state index contributed by atoms with van der Waals surface area (Å²) in [6, 6.07) is 43.5. The molecule has 0 aliphatic rings. The zero-order valence-corrected chi connectivity index (χ0v) is 28.1. The zero-order valence-electron chi connectivity index (χ0n) is 25.7. The Morgan fingerprint density at radius 1 is 0.571 bits per heavy atom. The standard InChI is InChI=1S/C38H29ClN4O4S2/c39-31-20-16-28(17-21-31)33-24-25-40-36(41-33)49-38(35(45)43-47,30-14-8-3-9-15-30)37(34(44)42-46,29-12-6-2-7-13-29)48-32-22-18-27(19-23-32)26-10-4-1-5-11-26/h1-25,46-47H,(H,42,44)(H,43,45). The first-order chi connectivity index (χ1) is 23.9. The molecule has 2 atom stereocenters. The monoisotopic (exact) mass is 704 g/mol. The van der Waals surface area contributed by atoms with E-state index in [1.54, 1.807) is 85.1 Å². The summed E-state index contributed by atoms with van der Waals surface area (Å²) in [5, 5.41) is 21.7. The minimum absolute atomic E-state index is 0.131. The Hall–Kier alpha value is -4.97. The molecule has 2 unspecified atom stereocenters. The van der Waals surface area contributed by atoms with Crippen LogP contribution in [-0.2, 0) is 19.1 Å². The van der Waals surface area contributed by atoms with Crippen LogP contribution in [0.3, 0.4) is 0 Å². The minimum atomic E-state index is -2.04. The van der Waals surface area contributed by atoms with E-state index in [-0.39, 0.29) is 5.16 Å². The number of halogens is 1. The summed E-state index contributed by atoms with van der Waals surface area (Å²) in [4.78, 5) is 39.1. The van der Waals surface area contributed by atoms with Gasteiger partial charge in [0.15, 0.2) is 14.7 Å². The topological polar surface area (TPSA) is 124 Å². The average Bonchev–Trinajstić information content (AvgIpc) is 3.17. The minimum Gasteiger partial charge on any atom is -0.289 e. The first-order valence-electron chi connectivity index (χ1n) is 15.0. The Labute approximate surface area is 296 Å². The summed E-state index contributed by atoms with van der Waals surface area (Å²) in [6.07, 6.45) is 1.55. The van der Waals surface area contributed by atoms with Crippen LogP contribution in [0.4, 0.5) is 0 Å². The number of benzene rings is 5. The highest BCUT2D eigenvalue weighted by Gasteiger charge is 2.65. The van der Waals surface area contributed by atoms with Gasteiger partial charge in [-0.15, -0.1) is 11.8 Å². The summed E-state index contributed by atoms with van der Waals surface area (Å²) < 4.78 is -4.03. The number of hydrogen-bond acceptors (Lipinski definition) is 8. The van der Waals surface area contributed by atoms with Crippen molar-refractivity contribution in [1.29, 1.82) is 0 Å². The number of nitrogens with one attached hydrogen (secondary N) is 2. The van der Waals surface area contributed by atoms with Crippen molar-refractivity contribution in [2.24, 2.45) is 0 Å². The number of thioether (sulfide) groups is 2. The van der Waals surface area contributed by atoms with Crippen LogP contribution in [0.25, 0.3) is 22.4 Å². The molecule has 0 radical (unpaired) electrons. The van der Waals surface area contributed by atoms with Crippen molar-refractivity contribution >= 4 is 46.9 Å². The van der Waals surface area contributed by atoms with Crippen molar-refractivity contribution in [3.63, 3.8) is 0 Å². The fourth-order valence-electron chi connectivity index (χ4n) is 5.68. The number of rotatable bonds is 11. The van der Waals surface area contributed by atoms with Gasteiger partial charge in [0.05, 0.1) is 5.69 Å². The summed E-state index contributed by atoms with van der Waals surface area (Å²) >= 11 is 8.07. The van der Waals surface area contributed by atoms with E-state index in [1.807, 2.05) is 77.7 Å². The predicted octanol–water partition coefficient (Wildman–Crippen LogP) is 8.15. The molecule has 0 spiro atoms. The molecule has 1 heterocycles. The number of aromatic nitrogens is 2. The molecule has 4 N–H and O–H groups in total. The maximum absolute atomic E-state index is 14.6. The Balaban J connectivity index is 1.61. The fourth-order valence-corrected chi connectivity index (χ4v) is 8.70. The SMILES string of the molecule is O=C(NO)C(Sc1ccc(-c2ccccc2)cc1)(c1ccccc1)C(Sc1nccc(-c2ccc(Cl)cc2)n1)(C(=O)NO)c1ccccc1. The predicted molar refractivity (Wildman–Crippen MR) is 192 cm³/mol. The molecule has 0 fully saturated rings. The van der Waals surface area contributed by atoms with Gasteiger partial charge in [-0.05, 0) is 52.6 Å². The van der Waals surface area contributed by atoms with Gasteiger partial charge in [-0.3, -0.25) is 20.0 Å². The molecule has 0 saturated heterocycles. The van der Waals surface area contributed by atoms with Crippen LogP contribution in [0.2, 0.25) is 5.02 Å². The quantitative estimate of drug-likeness (QED) is 0.0461. The summed E-state index contributed by atoms with van der Waals surface area (Å²) in [5.41, 5.74) is 7.66. The van der Waals surface area contributed by atoms with Crippen LogP contribution in [0.5, 0.6) is 0 Å². The molecular formula is C38H29ClN4O4S2. The summed E-state index contributed by atoms with van der Waals surface area (Å²) in [5.74, 6) is -1.85. The van der Waals surface area contributed by atoms with Crippen molar-refractivity contribution in [2.75, 3.05) is 0 Å². The first-order valence-corrected chi connectivity index (χ1v) is 17.0. The van der Waals surface area contributed by atoms with E-state index in [4.69, 9.17) is 16.6 Å². The molecule has 6 rings (SSSR count). The van der Waals surface area contributed by atoms with Gasteiger partial charge in [0.25, 0.3) is 11.8 Å². The van der Waals surface area contributed by atoms with E-state index in [9.17, 15) is 20.0 Å². The van der Waals surface area contributed by atoms with Gasteiger partial charge in [0.2, 0.25) is 0 Å². The number of carbonyl (C=O) groups is 2. The maximum Gasteiger partial charge on any atom is 0.266 e. The Bertz CT molecular complexity index is 2040. The lowest BCUT2D eigenvalue weighted by atomic mass is 9.78. The number of hydrogen-bond donors (Lipinski definition) is 4. The van der Waals surface area contributed by atoms with Crippen LogP contribution in [0.1, 0.15) is 11.1 Å². The summed E-state index contributed by atoms with van der Waals surface area (Å²) in [7, 11) is 0. The summed E-state index contributed by atoms with van der Waals surface area (Å²) in [6.45, 7) is 0. The molecule has 1 aromatic heterocycles. The van der Waals surface area contributed by atoms with E-state index < -0.39 is 21.3 Å². The highest BCUT2D eigenvalue weighted by Crippen LogP contribution is 2.61. The zero-order chi connectivity index (χ0) is 34.3. The normalized spacial score (nSPS) is 13.4. The third kappa shape index (κ3) is 6.69. The lowest BCUT2D eigenvalue weighted by Gasteiger charge is -2.46. The molecule has 8 nitrogen and oxygen atoms in total. The van der Waals surface area contributed by atoms with E-state index >= 15 is 0 Å². The van der Waals surface area contributed by atoms with E-state index in [0.29, 0.717) is 26.7 Å². The second-order valence-electron chi connectivity index (χ2n) is 10.8. The van der Waals surface area contributed by atoms with Gasteiger partial charge in [-0.25, -0.2) is 20.9 Å². The fraction of sp³-hybridized carbons (Fsp3) is 0.0526. The smallest absolute Gasteiger partial charge is 0.266 e. The van der Waals surface area contributed by atoms with Gasteiger partial charge in [-0.1, -0.05) is 139 Å². The molecule has 5 aromatic carbocycles. The van der Waals surface area contributed by atoms with Crippen molar-refractivity contribution in [3.05, 3.63) is 168 Å². The number of amides is 2. The van der Waals surface area contributed by atoms with E-state index in [2.05, 4.69) is 4.98 Å². The Kier molecular flexibility index (Phi) is 10.4. The first kappa shape index (κ1) is 33.9. The lowest BCUT2D eigenvalue weighted by molar-refractivity contribution is -0.140. The van der Waals surface area contributed by atoms with Gasteiger partial charge in [0.1, 0.15) is 0 Å². The highest BCUT2D eigenvalue weighted by atomic mass is 35.5. The van der Waals surface area contributed by atoms with Crippen molar-refractivity contribution in [2.45, 2.75) is 19.5 Å². The molecule has 0 aliphatic carbocycles.